The quantitative estimate of drug-likeness (QED) is 0.775. The van der Waals surface area contributed by atoms with Crippen LogP contribution >= 0.6 is 11.6 Å². The Morgan fingerprint density at radius 2 is 2.47 bits per heavy atom. The van der Waals surface area contributed by atoms with Crippen molar-refractivity contribution in [2.45, 2.75) is 30.7 Å². The number of halogens is 1. The van der Waals surface area contributed by atoms with Crippen LogP contribution < -0.4 is 5.32 Å². The summed E-state index contributed by atoms with van der Waals surface area (Å²) in [5.41, 5.74) is 0.591. The van der Waals surface area contributed by atoms with E-state index in [4.69, 9.17) is 11.6 Å². The van der Waals surface area contributed by atoms with Gasteiger partial charge in [0.05, 0.1) is 17.1 Å². The predicted octanol–water partition coefficient (Wildman–Crippen LogP) is 1.31. The van der Waals surface area contributed by atoms with E-state index in [0.717, 1.165) is 19.3 Å². The number of rotatable bonds is 2. The van der Waals surface area contributed by atoms with E-state index in [2.05, 4.69) is 10.4 Å². The molecule has 5 heteroatoms. The number of nitrogens with zero attached hydrogens (tertiary/aromatic N) is 2. The molecule has 2 atom stereocenters. The normalized spacial score (nSPS) is 25.5. The van der Waals surface area contributed by atoms with Gasteiger partial charge in [0, 0.05) is 19.3 Å². The second-order valence-corrected chi connectivity index (χ2v) is 4.49. The number of hydrogen-bond acceptors (Lipinski definition) is 2. The van der Waals surface area contributed by atoms with Gasteiger partial charge in [-0.2, -0.15) is 5.10 Å². The molecule has 1 heterocycles. The van der Waals surface area contributed by atoms with Crippen LogP contribution in [0.2, 0.25) is 0 Å². The van der Waals surface area contributed by atoms with E-state index >= 15 is 0 Å². The monoisotopic (exact) mass is 227 g/mol. The molecule has 0 saturated heterocycles. The smallest absolute Gasteiger partial charge is 0.254 e. The largest absolute Gasteiger partial charge is 0.348 e. The molecule has 15 heavy (non-hydrogen) atoms. The highest BCUT2D eigenvalue weighted by Gasteiger charge is 2.27. The molecule has 0 spiro atoms. The summed E-state index contributed by atoms with van der Waals surface area (Å²) in [5.74, 6) is -0.0827. The SMILES string of the molecule is Cn1cc(C(=O)NC2CCCC2Cl)cn1. The van der Waals surface area contributed by atoms with Gasteiger partial charge in [0.2, 0.25) is 0 Å². The lowest BCUT2D eigenvalue weighted by Crippen LogP contribution is -2.37. The van der Waals surface area contributed by atoms with Gasteiger partial charge in [-0.15, -0.1) is 11.6 Å². The molecule has 1 fully saturated rings. The van der Waals surface area contributed by atoms with Crippen molar-refractivity contribution in [3.63, 3.8) is 0 Å². The molecule has 1 aliphatic carbocycles. The summed E-state index contributed by atoms with van der Waals surface area (Å²) in [4.78, 5) is 11.7. The predicted molar refractivity (Wildman–Crippen MR) is 58.0 cm³/mol. The zero-order valence-corrected chi connectivity index (χ0v) is 9.37. The number of aryl methyl sites for hydroxylation is 1. The Labute approximate surface area is 93.6 Å². The molecule has 1 amide bonds. The van der Waals surface area contributed by atoms with Gasteiger partial charge in [-0.05, 0) is 19.3 Å². The van der Waals surface area contributed by atoms with Gasteiger partial charge in [0.1, 0.15) is 0 Å². The standard InChI is InChI=1S/C10H14ClN3O/c1-14-6-7(5-12-14)10(15)13-9-4-2-3-8(9)11/h5-6,8-9H,2-4H2,1H3,(H,13,15). The number of amides is 1. The number of aromatic nitrogens is 2. The van der Waals surface area contributed by atoms with Gasteiger partial charge in [-0.1, -0.05) is 0 Å². The molecule has 0 radical (unpaired) electrons. The Balaban J connectivity index is 1.97. The van der Waals surface area contributed by atoms with Gasteiger partial charge in [-0.25, -0.2) is 0 Å². The first-order valence-electron chi connectivity index (χ1n) is 5.10. The highest BCUT2D eigenvalue weighted by molar-refractivity contribution is 6.21. The fraction of sp³-hybridized carbons (Fsp3) is 0.600. The third-order valence-electron chi connectivity index (χ3n) is 2.72. The second-order valence-electron chi connectivity index (χ2n) is 3.93. The summed E-state index contributed by atoms with van der Waals surface area (Å²) in [6, 6.07) is 0.111. The van der Waals surface area contributed by atoms with Gasteiger partial charge in [0.15, 0.2) is 0 Å². The molecule has 0 aliphatic heterocycles. The van der Waals surface area contributed by atoms with Crippen LogP contribution in [0.15, 0.2) is 12.4 Å². The third-order valence-corrected chi connectivity index (χ3v) is 3.24. The molecule has 1 saturated carbocycles. The maximum Gasteiger partial charge on any atom is 0.254 e. The third kappa shape index (κ3) is 2.31. The Morgan fingerprint density at radius 3 is 3.00 bits per heavy atom. The topological polar surface area (TPSA) is 46.9 Å². The Kier molecular flexibility index (Phi) is 2.95. The van der Waals surface area contributed by atoms with Crippen molar-refractivity contribution in [3.8, 4) is 0 Å². The Bertz CT molecular complexity index is 363. The minimum atomic E-state index is -0.0827. The first-order chi connectivity index (χ1) is 7.16. The molecular weight excluding hydrogens is 214 g/mol. The lowest BCUT2D eigenvalue weighted by molar-refractivity contribution is 0.0938. The van der Waals surface area contributed by atoms with Crippen molar-refractivity contribution in [3.05, 3.63) is 18.0 Å². The zero-order chi connectivity index (χ0) is 10.8. The molecule has 1 aliphatic rings. The fourth-order valence-electron chi connectivity index (χ4n) is 1.87. The lowest BCUT2D eigenvalue weighted by Gasteiger charge is -2.14. The first-order valence-corrected chi connectivity index (χ1v) is 5.54. The zero-order valence-electron chi connectivity index (χ0n) is 8.61. The maximum absolute atomic E-state index is 11.7. The van der Waals surface area contributed by atoms with Crippen molar-refractivity contribution in [2.24, 2.45) is 7.05 Å². The molecule has 0 bridgehead atoms. The van der Waals surface area contributed by atoms with Crippen molar-refractivity contribution in [1.82, 2.24) is 15.1 Å². The number of alkyl halides is 1. The number of carbonyl (C=O) groups is 1. The summed E-state index contributed by atoms with van der Waals surface area (Å²) in [6.45, 7) is 0. The number of carbonyl (C=O) groups excluding carboxylic acids is 1. The molecule has 2 unspecified atom stereocenters. The molecule has 0 aromatic carbocycles. The van der Waals surface area contributed by atoms with E-state index in [-0.39, 0.29) is 17.3 Å². The second kappa shape index (κ2) is 4.23. The molecule has 82 valence electrons. The Morgan fingerprint density at radius 1 is 1.67 bits per heavy atom. The fourth-order valence-corrected chi connectivity index (χ4v) is 2.21. The minimum Gasteiger partial charge on any atom is -0.348 e. The maximum atomic E-state index is 11.7. The van der Waals surface area contributed by atoms with Gasteiger partial charge in [-0.3, -0.25) is 9.48 Å². The van der Waals surface area contributed by atoms with E-state index in [1.165, 1.54) is 0 Å². The average Bonchev–Trinajstić information content (AvgIpc) is 2.77. The molecule has 1 N–H and O–H groups in total. The highest BCUT2D eigenvalue weighted by Crippen LogP contribution is 2.24. The summed E-state index contributed by atoms with van der Waals surface area (Å²) in [6.07, 6.45) is 6.31. The average molecular weight is 228 g/mol. The van der Waals surface area contributed by atoms with Crippen LogP contribution in [0.5, 0.6) is 0 Å². The van der Waals surface area contributed by atoms with Crippen LogP contribution in [0.25, 0.3) is 0 Å². The van der Waals surface area contributed by atoms with Crippen LogP contribution in [0.4, 0.5) is 0 Å². The van der Waals surface area contributed by atoms with Crippen LogP contribution in [0.1, 0.15) is 29.6 Å². The Hall–Kier alpha value is -1.03. The number of hydrogen-bond donors (Lipinski definition) is 1. The van der Waals surface area contributed by atoms with Crippen molar-refractivity contribution >= 4 is 17.5 Å². The highest BCUT2D eigenvalue weighted by atomic mass is 35.5. The molecule has 4 nitrogen and oxygen atoms in total. The molecule has 1 aromatic heterocycles. The van der Waals surface area contributed by atoms with E-state index in [9.17, 15) is 4.79 Å². The van der Waals surface area contributed by atoms with Crippen LogP contribution in [0.3, 0.4) is 0 Å². The molecular formula is C10H14ClN3O. The first kappa shape index (κ1) is 10.5. The number of nitrogens with one attached hydrogen (secondary N) is 1. The summed E-state index contributed by atoms with van der Waals surface area (Å²) >= 11 is 6.08. The molecule has 2 rings (SSSR count). The summed E-state index contributed by atoms with van der Waals surface area (Å²) in [7, 11) is 1.79. The van der Waals surface area contributed by atoms with Gasteiger partial charge in [0.25, 0.3) is 5.91 Å². The van der Waals surface area contributed by atoms with E-state index in [1.54, 1.807) is 24.1 Å². The summed E-state index contributed by atoms with van der Waals surface area (Å²) in [5, 5.41) is 6.96. The van der Waals surface area contributed by atoms with Crippen molar-refractivity contribution in [2.75, 3.05) is 0 Å². The van der Waals surface area contributed by atoms with Crippen molar-refractivity contribution < 1.29 is 4.79 Å². The molecule has 1 aromatic rings. The lowest BCUT2D eigenvalue weighted by atomic mass is 10.2. The van der Waals surface area contributed by atoms with Crippen LogP contribution in [0, 0.1) is 0 Å². The van der Waals surface area contributed by atoms with Gasteiger partial charge >= 0.3 is 0 Å². The van der Waals surface area contributed by atoms with Crippen LogP contribution in [-0.4, -0.2) is 27.1 Å². The van der Waals surface area contributed by atoms with E-state index in [1.807, 2.05) is 0 Å². The van der Waals surface area contributed by atoms with E-state index in [0.29, 0.717) is 5.56 Å². The minimum absolute atomic E-state index is 0.0746. The summed E-state index contributed by atoms with van der Waals surface area (Å²) < 4.78 is 1.61. The van der Waals surface area contributed by atoms with Crippen LogP contribution in [-0.2, 0) is 7.05 Å². The van der Waals surface area contributed by atoms with E-state index < -0.39 is 0 Å². The van der Waals surface area contributed by atoms with Crippen molar-refractivity contribution in [1.29, 1.82) is 0 Å². The van der Waals surface area contributed by atoms with Gasteiger partial charge < -0.3 is 5.32 Å².